The minimum atomic E-state index is 0.497. The van der Waals surface area contributed by atoms with Crippen molar-refractivity contribution in [3.05, 3.63) is 34.9 Å². The normalized spacial score (nSPS) is 11.0. The predicted octanol–water partition coefficient (Wildman–Crippen LogP) is 1.48. The van der Waals surface area contributed by atoms with E-state index in [1.807, 2.05) is 19.4 Å². The third kappa shape index (κ3) is 2.06. The number of hydrogen-bond acceptors (Lipinski definition) is 5. The molecular weight excluding hydrogens is 300 g/mol. The van der Waals surface area contributed by atoms with Crippen LogP contribution in [0.3, 0.4) is 0 Å². The van der Waals surface area contributed by atoms with E-state index in [4.69, 9.17) is 4.52 Å². The highest BCUT2D eigenvalue weighted by molar-refractivity contribution is 9.10. The smallest absolute Gasteiger partial charge is 0.158 e. The van der Waals surface area contributed by atoms with E-state index in [0.29, 0.717) is 12.2 Å². The summed E-state index contributed by atoms with van der Waals surface area (Å²) in [5, 5.41) is 16.1. The Hall–Kier alpha value is -1.96. The van der Waals surface area contributed by atoms with Gasteiger partial charge < -0.3 is 4.52 Å². The van der Waals surface area contributed by atoms with Crippen molar-refractivity contribution in [2.24, 2.45) is 7.05 Å². The van der Waals surface area contributed by atoms with Crippen LogP contribution in [-0.2, 0) is 13.6 Å². The minimum Gasteiger partial charge on any atom is -0.359 e. The number of halogens is 1. The zero-order valence-corrected chi connectivity index (χ0v) is 11.1. The fraction of sp³-hybridized carbons (Fsp3) is 0.200. The second-order valence-corrected chi connectivity index (χ2v) is 4.63. The molecule has 3 rings (SSSR count). The van der Waals surface area contributed by atoms with E-state index in [2.05, 4.69) is 36.5 Å². The molecule has 0 atom stereocenters. The summed E-state index contributed by atoms with van der Waals surface area (Å²) in [6, 6.07) is 1.79. The molecule has 0 saturated carbocycles. The van der Waals surface area contributed by atoms with Crippen LogP contribution in [0, 0.1) is 0 Å². The van der Waals surface area contributed by atoms with Gasteiger partial charge in [0.1, 0.15) is 17.9 Å². The third-order valence-corrected chi connectivity index (χ3v) is 2.95. The number of aromatic nitrogens is 6. The van der Waals surface area contributed by atoms with Crippen LogP contribution >= 0.6 is 15.9 Å². The lowest BCUT2D eigenvalue weighted by atomic mass is 10.3. The molecule has 3 heterocycles. The molecule has 8 heteroatoms. The van der Waals surface area contributed by atoms with Crippen molar-refractivity contribution in [2.75, 3.05) is 0 Å². The summed E-state index contributed by atoms with van der Waals surface area (Å²) in [5.74, 6) is 0.728. The molecule has 0 bridgehead atoms. The molecular formula is C10H9BrN6O. The number of nitrogens with zero attached hydrogens (tertiary/aromatic N) is 6. The number of rotatable bonds is 3. The zero-order valence-electron chi connectivity index (χ0n) is 9.49. The molecule has 0 spiro atoms. The lowest BCUT2D eigenvalue weighted by Crippen LogP contribution is -1.98. The molecule has 0 N–H and O–H groups in total. The topological polar surface area (TPSA) is 74.6 Å². The van der Waals surface area contributed by atoms with Crippen LogP contribution in [0.25, 0.3) is 11.4 Å². The first-order valence-corrected chi connectivity index (χ1v) is 6.01. The number of aryl methyl sites for hydroxylation is 1. The van der Waals surface area contributed by atoms with Gasteiger partial charge in [0.25, 0.3) is 0 Å². The SMILES string of the molecule is Cn1cc(Br)c(-c2cn(Cc3ccno3)nn2)n1. The molecule has 0 saturated heterocycles. The first kappa shape index (κ1) is 11.1. The molecule has 7 nitrogen and oxygen atoms in total. The fourth-order valence-electron chi connectivity index (χ4n) is 1.60. The van der Waals surface area contributed by atoms with Crippen molar-refractivity contribution in [1.29, 1.82) is 0 Å². The maximum atomic E-state index is 5.01. The first-order valence-electron chi connectivity index (χ1n) is 5.21. The maximum Gasteiger partial charge on any atom is 0.158 e. The quantitative estimate of drug-likeness (QED) is 0.732. The van der Waals surface area contributed by atoms with Gasteiger partial charge in [-0.1, -0.05) is 10.4 Å². The van der Waals surface area contributed by atoms with Crippen molar-refractivity contribution in [3.63, 3.8) is 0 Å². The molecule has 0 fully saturated rings. The molecule has 0 unspecified atom stereocenters. The van der Waals surface area contributed by atoms with Gasteiger partial charge in [0, 0.05) is 19.3 Å². The average Bonchev–Trinajstić information content (AvgIpc) is 3.01. The molecule has 0 aliphatic carbocycles. The van der Waals surface area contributed by atoms with Gasteiger partial charge in [-0.3, -0.25) is 4.68 Å². The minimum absolute atomic E-state index is 0.497. The standard InChI is InChI=1S/C10H9BrN6O/c1-16-5-8(11)10(14-16)9-6-17(15-13-9)4-7-2-3-12-18-7/h2-3,5-6H,4H2,1H3. The Morgan fingerprint density at radius 3 is 2.94 bits per heavy atom. The highest BCUT2D eigenvalue weighted by Gasteiger charge is 2.12. The summed E-state index contributed by atoms with van der Waals surface area (Å²) in [5.41, 5.74) is 1.48. The highest BCUT2D eigenvalue weighted by atomic mass is 79.9. The Balaban J connectivity index is 1.87. The van der Waals surface area contributed by atoms with Gasteiger partial charge in [-0.2, -0.15) is 5.10 Å². The van der Waals surface area contributed by atoms with Gasteiger partial charge in [-0.15, -0.1) is 5.10 Å². The monoisotopic (exact) mass is 308 g/mol. The molecule has 0 amide bonds. The second kappa shape index (κ2) is 4.37. The summed E-state index contributed by atoms with van der Waals surface area (Å²) < 4.78 is 9.29. The van der Waals surface area contributed by atoms with Crippen LogP contribution in [0.1, 0.15) is 5.76 Å². The van der Waals surface area contributed by atoms with Crippen molar-refractivity contribution in [1.82, 2.24) is 29.9 Å². The molecule has 18 heavy (non-hydrogen) atoms. The largest absolute Gasteiger partial charge is 0.359 e. The van der Waals surface area contributed by atoms with Gasteiger partial charge in [0.05, 0.1) is 16.9 Å². The molecule has 0 aromatic carbocycles. The third-order valence-electron chi connectivity index (χ3n) is 2.37. The lowest BCUT2D eigenvalue weighted by molar-refractivity contribution is 0.370. The molecule has 92 valence electrons. The van der Waals surface area contributed by atoms with Crippen LogP contribution in [0.2, 0.25) is 0 Å². The second-order valence-electron chi connectivity index (χ2n) is 3.78. The lowest BCUT2D eigenvalue weighted by Gasteiger charge is -1.93. The van der Waals surface area contributed by atoms with E-state index in [0.717, 1.165) is 15.9 Å². The van der Waals surface area contributed by atoms with Crippen LogP contribution in [0.5, 0.6) is 0 Å². The fourth-order valence-corrected chi connectivity index (χ4v) is 2.18. The van der Waals surface area contributed by atoms with E-state index in [1.54, 1.807) is 21.6 Å². The Kier molecular flexibility index (Phi) is 2.71. The summed E-state index contributed by atoms with van der Waals surface area (Å²) in [4.78, 5) is 0. The van der Waals surface area contributed by atoms with Crippen molar-refractivity contribution < 1.29 is 4.52 Å². The first-order chi connectivity index (χ1) is 8.72. The van der Waals surface area contributed by atoms with E-state index < -0.39 is 0 Å². The molecule has 3 aromatic heterocycles. The zero-order chi connectivity index (χ0) is 12.5. The number of hydrogen-bond donors (Lipinski definition) is 0. The molecule has 0 aliphatic heterocycles. The van der Waals surface area contributed by atoms with Crippen LogP contribution in [0.4, 0.5) is 0 Å². The Bertz CT molecular complexity index is 656. The summed E-state index contributed by atoms with van der Waals surface area (Å²) in [6.07, 6.45) is 5.28. The van der Waals surface area contributed by atoms with Gasteiger partial charge in [0.15, 0.2) is 5.76 Å². The van der Waals surface area contributed by atoms with Crippen LogP contribution in [0.15, 0.2) is 33.7 Å². The molecule has 3 aromatic rings. The van der Waals surface area contributed by atoms with Gasteiger partial charge in [0.2, 0.25) is 0 Å². The van der Waals surface area contributed by atoms with E-state index in [1.165, 1.54) is 0 Å². The average molecular weight is 309 g/mol. The Morgan fingerprint density at radius 1 is 1.39 bits per heavy atom. The van der Waals surface area contributed by atoms with Crippen molar-refractivity contribution in [2.45, 2.75) is 6.54 Å². The highest BCUT2D eigenvalue weighted by Crippen LogP contribution is 2.24. The van der Waals surface area contributed by atoms with Crippen molar-refractivity contribution in [3.8, 4) is 11.4 Å². The summed E-state index contributed by atoms with van der Waals surface area (Å²) in [6.45, 7) is 0.497. The van der Waals surface area contributed by atoms with E-state index in [-0.39, 0.29) is 0 Å². The summed E-state index contributed by atoms with van der Waals surface area (Å²) in [7, 11) is 1.85. The summed E-state index contributed by atoms with van der Waals surface area (Å²) >= 11 is 3.43. The maximum absolute atomic E-state index is 5.01. The van der Waals surface area contributed by atoms with Gasteiger partial charge >= 0.3 is 0 Å². The molecule has 0 aliphatic rings. The van der Waals surface area contributed by atoms with E-state index >= 15 is 0 Å². The van der Waals surface area contributed by atoms with Crippen molar-refractivity contribution >= 4 is 15.9 Å². The van der Waals surface area contributed by atoms with E-state index in [9.17, 15) is 0 Å². The predicted molar refractivity (Wildman–Crippen MR) is 65.5 cm³/mol. The van der Waals surface area contributed by atoms with Crippen LogP contribution in [-0.4, -0.2) is 29.9 Å². The molecule has 0 radical (unpaired) electrons. The van der Waals surface area contributed by atoms with Gasteiger partial charge in [-0.25, -0.2) is 4.68 Å². The Morgan fingerprint density at radius 2 is 2.28 bits per heavy atom. The van der Waals surface area contributed by atoms with Gasteiger partial charge in [-0.05, 0) is 15.9 Å². The van der Waals surface area contributed by atoms with Crippen LogP contribution < -0.4 is 0 Å². The Labute approximate surface area is 111 Å².